The van der Waals surface area contributed by atoms with Crippen molar-refractivity contribution < 1.29 is 14.3 Å². The minimum absolute atomic E-state index is 0.289. The molecule has 3 aromatic carbocycles. The highest BCUT2D eigenvalue weighted by atomic mass is 16.5. The third kappa shape index (κ3) is 2.69. The summed E-state index contributed by atoms with van der Waals surface area (Å²) in [7, 11) is 1.78. The number of benzene rings is 3. The molecule has 6 nitrogen and oxygen atoms in total. The van der Waals surface area contributed by atoms with Gasteiger partial charge < -0.3 is 4.74 Å². The Morgan fingerprint density at radius 1 is 0.828 bits per heavy atom. The van der Waals surface area contributed by atoms with Gasteiger partial charge in [0.2, 0.25) is 0 Å². The smallest absolute Gasteiger partial charge is 0.267 e. The van der Waals surface area contributed by atoms with E-state index in [2.05, 4.69) is 5.10 Å². The Morgan fingerprint density at radius 3 is 2.17 bits per heavy atom. The Morgan fingerprint density at radius 2 is 1.48 bits per heavy atom. The zero-order valence-corrected chi connectivity index (χ0v) is 15.7. The molecule has 0 spiro atoms. The molecule has 4 aromatic rings. The lowest BCUT2D eigenvalue weighted by atomic mass is 10.1. The number of hydrogen-bond acceptors (Lipinski definition) is 4. The van der Waals surface area contributed by atoms with Crippen molar-refractivity contribution in [2.75, 3.05) is 4.90 Å². The van der Waals surface area contributed by atoms with Gasteiger partial charge in [-0.2, -0.15) is 5.10 Å². The van der Waals surface area contributed by atoms with E-state index < -0.39 is 0 Å². The van der Waals surface area contributed by atoms with Crippen molar-refractivity contribution in [3.05, 3.63) is 89.5 Å². The van der Waals surface area contributed by atoms with Crippen LogP contribution in [0, 0.1) is 0 Å². The largest absolute Gasteiger partial charge is 0.488 e. The first-order valence-electron chi connectivity index (χ1n) is 9.25. The van der Waals surface area contributed by atoms with Crippen molar-refractivity contribution in [2.24, 2.45) is 7.05 Å². The maximum absolute atomic E-state index is 13.0. The first-order chi connectivity index (χ1) is 14.1. The fraction of sp³-hybridized carbons (Fsp3) is 0.0870. The van der Waals surface area contributed by atoms with Crippen LogP contribution in [0.15, 0.2) is 72.8 Å². The molecule has 2 amide bonds. The third-order valence-electron chi connectivity index (χ3n) is 5.06. The molecule has 0 bridgehead atoms. The van der Waals surface area contributed by atoms with Gasteiger partial charge in [-0.3, -0.25) is 14.3 Å². The molecule has 0 unspecified atom stereocenters. The average Bonchev–Trinajstić information content (AvgIpc) is 3.22. The average molecular weight is 383 g/mol. The Labute approximate surface area is 166 Å². The number of carbonyl (C=O) groups excluding carboxylic acids is 2. The second kappa shape index (κ2) is 6.60. The maximum atomic E-state index is 13.0. The monoisotopic (exact) mass is 383 g/mol. The number of aryl methyl sites for hydroxylation is 1. The summed E-state index contributed by atoms with van der Waals surface area (Å²) in [6.07, 6.45) is 0. The van der Waals surface area contributed by atoms with E-state index >= 15 is 0 Å². The van der Waals surface area contributed by atoms with Crippen LogP contribution in [0.25, 0.3) is 10.9 Å². The van der Waals surface area contributed by atoms with Gasteiger partial charge in [0.05, 0.1) is 22.0 Å². The van der Waals surface area contributed by atoms with Crippen molar-refractivity contribution in [3.8, 4) is 5.75 Å². The summed E-state index contributed by atoms with van der Waals surface area (Å²) in [5, 5.41) is 5.13. The van der Waals surface area contributed by atoms with Crippen LogP contribution in [-0.4, -0.2) is 21.6 Å². The molecule has 142 valence electrons. The van der Waals surface area contributed by atoms with Crippen molar-refractivity contribution in [1.29, 1.82) is 0 Å². The second-order valence-corrected chi connectivity index (χ2v) is 6.86. The molecule has 0 radical (unpaired) electrons. The fourth-order valence-electron chi connectivity index (χ4n) is 3.65. The van der Waals surface area contributed by atoms with Crippen molar-refractivity contribution in [1.82, 2.24) is 9.78 Å². The van der Waals surface area contributed by atoms with Crippen LogP contribution in [-0.2, 0) is 13.7 Å². The molecule has 1 aliphatic heterocycles. The normalized spacial score (nSPS) is 13.2. The highest BCUT2D eigenvalue weighted by Crippen LogP contribution is 2.37. The minimum atomic E-state index is -0.372. The Kier molecular flexibility index (Phi) is 3.91. The lowest BCUT2D eigenvalue weighted by Gasteiger charge is -2.13. The lowest BCUT2D eigenvalue weighted by Crippen LogP contribution is -2.30. The van der Waals surface area contributed by atoms with Gasteiger partial charge in [0.25, 0.3) is 11.8 Å². The number of anilines is 1. The number of rotatable bonds is 4. The quantitative estimate of drug-likeness (QED) is 0.501. The van der Waals surface area contributed by atoms with Gasteiger partial charge in [0.15, 0.2) is 5.82 Å². The van der Waals surface area contributed by atoms with Crippen LogP contribution in [0.5, 0.6) is 5.75 Å². The van der Waals surface area contributed by atoms with E-state index in [0.717, 1.165) is 16.0 Å². The van der Waals surface area contributed by atoms with E-state index in [1.54, 1.807) is 36.0 Å². The van der Waals surface area contributed by atoms with Gasteiger partial charge in [0.1, 0.15) is 12.4 Å². The number of ether oxygens (including phenoxy) is 1. The van der Waals surface area contributed by atoms with E-state index in [-0.39, 0.29) is 17.6 Å². The molecule has 6 heteroatoms. The Hall–Kier alpha value is -3.93. The van der Waals surface area contributed by atoms with E-state index in [0.29, 0.717) is 28.9 Å². The van der Waals surface area contributed by atoms with Gasteiger partial charge in [-0.05, 0) is 29.8 Å². The summed E-state index contributed by atoms with van der Waals surface area (Å²) >= 11 is 0. The highest BCUT2D eigenvalue weighted by Gasteiger charge is 2.39. The highest BCUT2D eigenvalue weighted by molar-refractivity contribution is 6.35. The molecule has 5 rings (SSSR count). The molecule has 0 aliphatic carbocycles. The zero-order chi connectivity index (χ0) is 20.0. The topological polar surface area (TPSA) is 64.4 Å². The van der Waals surface area contributed by atoms with Gasteiger partial charge in [-0.1, -0.05) is 48.5 Å². The standard InChI is InChI=1S/C23H17N3O3/c1-25-18-12-7-13-19(29-14-15-8-3-2-4-9-15)20(18)21(24-25)26-22(27)16-10-5-6-11-17(16)23(26)28/h2-13H,14H2,1H3. The van der Waals surface area contributed by atoms with Gasteiger partial charge in [-0.25, -0.2) is 4.90 Å². The van der Waals surface area contributed by atoms with Gasteiger partial charge in [-0.15, -0.1) is 0 Å². The summed E-state index contributed by atoms with van der Waals surface area (Å²) in [6.45, 7) is 0.371. The van der Waals surface area contributed by atoms with E-state index in [4.69, 9.17) is 4.74 Å². The lowest BCUT2D eigenvalue weighted by molar-refractivity contribution is 0.0925. The van der Waals surface area contributed by atoms with Crippen LogP contribution in [0.3, 0.4) is 0 Å². The Bertz CT molecular complexity index is 1230. The second-order valence-electron chi connectivity index (χ2n) is 6.86. The molecule has 0 saturated heterocycles. The fourth-order valence-corrected chi connectivity index (χ4v) is 3.65. The van der Waals surface area contributed by atoms with Crippen LogP contribution < -0.4 is 9.64 Å². The molecule has 0 saturated carbocycles. The molecular formula is C23H17N3O3. The van der Waals surface area contributed by atoms with E-state index in [1.807, 2.05) is 48.5 Å². The van der Waals surface area contributed by atoms with Crippen LogP contribution in [0.4, 0.5) is 5.82 Å². The first-order valence-corrected chi connectivity index (χ1v) is 9.25. The molecule has 0 fully saturated rings. The number of imide groups is 1. The molecule has 0 atom stereocenters. The molecule has 0 N–H and O–H groups in total. The summed E-state index contributed by atoms with van der Waals surface area (Å²) in [6, 6.07) is 22.2. The molecular weight excluding hydrogens is 366 g/mol. The minimum Gasteiger partial charge on any atom is -0.488 e. The van der Waals surface area contributed by atoms with Crippen LogP contribution in [0.1, 0.15) is 26.3 Å². The first kappa shape index (κ1) is 17.2. The summed E-state index contributed by atoms with van der Waals surface area (Å²) in [5.74, 6) is 0.121. The number of nitrogens with zero attached hydrogens (tertiary/aromatic N) is 3. The summed E-state index contributed by atoms with van der Waals surface area (Å²) in [4.78, 5) is 27.1. The number of fused-ring (bicyclic) bond motifs is 2. The molecule has 29 heavy (non-hydrogen) atoms. The maximum Gasteiger partial charge on any atom is 0.267 e. The van der Waals surface area contributed by atoms with E-state index in [1.165, 1.54) is 0 Å². The number of carbonyl (C=O) groups is 2. The summed E-state index contributed by atoms with van der Waals surface area (Å²) < 4.78 is 7.72. The SMILES string of the molecule is Cn1nc(N2C(=O)c3ccccc3C2=O)c2c(OCc3ccccc3)cccc21. The van der Waals surface area contributed by atoms with Crippen molar-refractivity contribution >= 4 is 28.5 Å². The third-order valence-corrected chi connectivity index (χ3v) is 5.06. The molecule has 1 aliphatic rings. The number of aromatic nitrogens is 2. The van der Waals surface area contributed by atoms with Crippen LogP contribution >= 0.6 is 0 Å². The molecule has 2 heterocycles. The van der Waals surface area contributed by atoms with Gasteiger partial charge >= 0.3 is 0 Å². The van der Waals surface area contributed by atoms with Gasteiger partial charge in [0, 0.05) is 7.05 Å². The van der Waals surface area contributed by atoms with Crippen molar-refractivity contribution in [3.63, 3.8) is 0 Å². The van der Waals surface area contributed by atoms with Crippen LogP contribution in [0.2, 0.25) is 0 Å². The predicted octanol–water partition coefficient (Wildman–Crippen LogP) is 3.95. The number of amides is 2. The van der Waals surface area contributed by atoms with Crippen molar-refractivity contribution in [2.45, 2.75) is 6.61 Å². The number of hydrogen-bond donors (Lipinski definition) is 0. The predicted molar refractivity (Wildman–Crippen MR) is 109 cm³/mol. The molecule has 1 aromatic heterocycles. The Balaban J connectivity index is 1.60. The summed E-state index contributed by atoms with van der Waals surface area (Å²) in [5.41, 5.74) is 2.58. The zero-order valence-electron chi connectivity index (χ0n) is 15.7. The van der Waals surface area contributed by atoms with E-state index in [9.17, 15) is 9.59 Å².